The van der Waals surface area contributed by atoms with Crippen molar-refractivity contribution in [1.29, 1.82) is 0 Å². The lowest BCUT2D eigenvalue weighted by molar-refractivity contribution is -0.145. The molecule has 0 radical (unpaired) electrons. The molecule has 3 atom stereocenters. The first-order valence-electron chi connectivity index (χ1n) is 12.9. The van der Waals surface area contributed by atoms with Gasteiger partial charge in [0.25, 0.3) is 0 Å². The highest BCUT2D eigenvalue weighted by Gasteiger charge is 2.45. The van der Waals surface area contributed by atoms with Gasteiger partial charge in [-0.2, -0.15) is 0 Å². The second-order valence-electron chi connectivity index (χ2n) is 11.1. The number of allylic oxidation sites excluding steroid dienone is 3. The van der Waals surface area contributed by atoms with E-state index < -0.39 is 23.6 Å². The van der Waals surface area contributed by atoms with E-state index in [0.717, 1.165) is 41.0 Å². The smallest absolute Gasteiger partial charge is 0.246 e. The number of aromatic nitrogens is 1. The van der Waals surface area contributed by atoms with Crippen molar-refractivity contribution >= 4 is 34.6 Å². The summed E-state index contributed by atoms with van der Waals surface area (Å²) in [5.41, 5.74) is 4.12. The van der Waals surface area contributed by atoms with Crippen molar-refractivity contribution in [1.82, 2.24) is 20.5 Å². The van der Waals surface area contributed by atoms with E-state index in [2.05, 4.69) is 22.2 Å². The molecule has 0 aromatic carbocycles. The van der Waals surface area contributed by atoms with Crippen LogP contribution >= 0.6 is 11.3 Å². The quantitative estimate of drug-likeness (QED) is 0.426. The van der Waals surface area contributed by atoms with Crippen LogP contribution in [0.15, 0.2) is 35.9 Å². The second kappa shape index (κ2) is 12.2. The van der Waals surface area contributed by atoms with Gasteiger partial charge in [-0.15, -0.1) is 11.3 Å². The molecule has 8 nitrogen and oxygen atoms in total. The fraction of sp³-hybridized carbons (Fsp3) is 0.571. The Morgan fingerprint density at radius 2 is 1.97 bits per heavy atom. The number of aryl methyl sites for hydroxylation is 1. The molecule has 1 aromatic rings. The van der Waals surface area contributed by atoms with Crippen LogP contribution in [0.2, 0.25) is 0 Å². The van der Waals surface area contributed by atoms with Gasteiger partial charge in [-0.1, -0.05) is 52.0 Å². The molecule has 9 heteroatoms. The third-order valence-corrected chi connectivity index (χ3v) is 8.18. The zero-order valence-corrected chi connectivity index (χ0v) is 23.4. The summed E-state index contributed by atoms with van der Waals surface area (Å²) in [5.74, 6) is -0.843. The monoisotopic (exact) mass is 528 g/mol. The van der Waals surface area contributed by atoms with Gasteiger partial charge in [-0.3, -0.25) is 14.4 Å². The van der Waals surface area contributed by atoms with Crippen molar-refractivity contribution < 1.29 is 19.5 Å². The molecule has 1 aromatic heterocycles. The maximum absolute atomic E-state index is 13.6. The van der Waals surface area contributed by atoms with E-state index in [1.54, 1.807) is 17.4 Å². The molecule has 3 N–H and O–H groups in total. The highest BCUT2D eigenvalue weighted by molar-refractivity contribution is 7.10. The Morgan fingerprint density at radius 1 is 1.27 bits per heavy atom. The number of hydrogen-bond acceptors (Lipinski definition) is 6. The lowest BCUT2D eigenvalue weighted by Gasteiger charge is -2.37. The van der Waals surface area contributed by atoms with Crippen LogP contribution in [0, 0.1) is 18.3 Å². The number of carbonyl (C=O) groups is 3. The number of β-amino-alcohol motifs (C(OH)–C–C–N with tert-alkyl or cyclic N) is 1. The number of nitrogens with one attached hydrogen (secondary N) is 2. The Hall–Kier alpha value is -2.78. The number of carbonyl (C=O) groups excluding carboxylic acids is 3. The molecule has 1 saturated heterocycles. The summed E-state index contributed by atoms with van der Waals surface area (Å²) < 4.78 is 0. The topological polar surface area (TPSA) is 112 Å². The van der Waals surface area contributed by atoms with Gasteiger partial charge in [0, 0.05) is 25.4 Å². The first kappa shape index (κ1) is 28.8. The molecule has 1 aliphatic carbocycles. The molecule has 2 heterocycles. The third-order valence-electron chi connectivity index (χ3n) is 7.12. The van der Waals surface area contributed by atoms with E-state index in [-0.39, 0.29) is 43.1 Å². The van der Waals surface area contributed by atoms with Crippen molar-refractivity contribution in [2.45, 2.75) is 78.5 Å². The van der Waals surface area contributed by atoms with Gasteiger partial charge < -0.3 is 20.6 Å². The van der Waals surface area contributed by atoms with Crippen molar-refractivity contribution in [2.24, 2.45) is 11.3 Å². The molecule has 1 saturated carbocycles. The average Bonchev–Trinajstić information content (AvgIpc) is 3.40. The Balaban J connectivity index is 1.68. The Morgan fingerprint density at radius 3 is 2.51 bits per heavy atom. The van der Waals surface area contributed by atoms with Crippen molar-refractivity contribution in [3.8, 4) is 0 Å². The van der Waals surface area contributed by atoms with Crippen LogP contribution in [0.5, 0.6) is 0 Å². The minimum absolute atomic E-state index is 0.0531. The van der Waals surface area contributed by atoms with Crippen molar-refractivity contribution in [2.75, 3.05) is 13.1 Å². The predicted molar refractivity (Wildman–Crippen MR) is 147 cm³/mol. The summed E-state index contributed by atoms with van der Waals surface area (Å²) >= 11 is 1.58. The van der Waals surface area contributed by atoms with Crippen LogP contribution in [0.1, 0.15) is 63.9 Å². The van der Waals surface area contributed by atoms with Gasteiger partial charge in [0.15, 0.2) is 0 Å². The van der Waals surface area contributed by atoms with E-state index in [4.69, 9.17) is 0 Å². The number of amides is 3. The highest BCUT2D eigenvalue weighted by atomic mass is 32.1. The van der Waals surface area contributed by atoms with Crippen LogP contribution in [0.4, 0.5) is 0 Å². The van der Waals surface area contributed by atoms with Gasteiger partial charge in [0.2, 0.25) is 17.7 Å². The number of aliphatic hydroxyl groups is 1. The van der Waals surface area contributed by atoms with Crippen LogP contribution in [-0.2, 0) is 14.4 Å². The van der Waals surface area contributed by atoms with E-state index in [0.29, 0.717) is 0 Å². The highest BCUT2D eigenvalue weighted by Crippen LogP contribution is 2.30. The van der Waals surface area contributed by atoms with E-state index in [1.165, 1.54) is 4.90 Å². The first-order valence-corrected chi connectivity index (χ1v) is 13.8. The zero-order chi connectivity index (χ0) is 27.3. The van der Waals surface area contributed by atoms with Gasteiger partial charge in [-0.25, -0.2) is 4.98 Å². The van der Waals surface area contributed by atoms with E-state index >= 15 is 0 Å². The predicted octanol–water partition coefficient (Wildman–Crippen LogP) is 3.38. The zero-order valence-electron chi connectivity index (χ0n) is 22.5. The maximum Gasteiger partial charge on any atom is 0.246 e. The Bertz CT molecular complexity index is 1080. The van der Waals surface area contributed by atoms with Crippen molar-refractivity contribution in [3.05, 3.63) is 46.5 Å². The summed E-state index contributed by atoms with van der Waals surface area (Å²) in [6.45, 7) is 13.8. The number of hydrogen-bond donors (Lipinski definition) is 3. The van der Waals surface area contributed by atoms with Crippen LogP contribution < -0.4 is 10.6 Å². The molecule has 2 fully saturated rings. The molecule has 202 valence electrons. The number of rotatable bonds is 9. The molecule has 0 bridgehead atoms. The number of likely N-dealkylation sites (tertiary alicyclic amines) is 1. The first-order chi connectivity index (χ1) is 17.4. The summed E-state index contributed by atoms with van der Waals surface area (Å²) in [5, 5.41) is 16.2. The van der Waals surface area contributed by atoms with Gasteiger partial charge in [-0.05, 0) is 43.3 Å². The average molecular weight is 529 g/mol. The van der Waals surface area contributed by atoms with Crippen LogP contribution in [0.25, 0.3) is 5.57 Å². The van der Waals surface area contributed by atoms with E-state index in [9.17, 15) is 19.5 Å². The molecule has 2 aliphatic rings. The Kier molecular flexibility index (Phi) is 9.47. The number of aliphatic hydroxyl groups excluding tert-OH is 1. The van der Waals surface area contributed by atoms with E-state index in [1.807, 2.05) is 52.3 Å². The normalized spacial score (nSPS) is 21.8. The number of thiazole rings is 1. The molecule has 1 aliphatic heterocycles. The molecule has 0 spiro atoms. The maximum atomic E-state index is 13.6. The van der Waals surface area contributed by atoms with Gasteiger partial charge in [0.1, 0.15) is 12.1 Å². The summed E-state index contributed by atoms with van der Waals surface area (Å²) in [6.07, 6.45) is 7.60. The third kappa shape index (κ3) is 7.17. The second-order valence-corrected chi connectivity index (χ2v) is 12.0. The molecular weight excluding hydrogens is 488 g/mol. The molecular formula is C28H40N4O4S. The minimum atomic E-state index is -0.809. The molecule has 3 amide bonds. The molecule has 1 unspecified atom stereocenters. The minimum Gasteiger partial charge on any atom is -0.391 e. The van der Waals surface area contributed by atoms with Crippen LogP contribution in [-0.4, -0.2) is 64.0 Å². The van der Waals surface area contributed by atoms with Gasteiger partial charge >= 0.3 is 0 Å². The summed E-state index contributed by atoms with van der Waals surface area (Å²) in [6, 6.07) is -1.59. The summed E-state index contributed by atoms with van der Waals surface area (Å²) in [7, 11) is 0. The Labute approximate surface area is 223 Å². The summed E-state index contributed by atoms with van der Waals surface area (Å²) in [4.78, 5) is 46.2. The van der Waals surface area contributed by atoms with Crippen LogP contribution in [0.3, 0.4) is 0 Å². The van der Waals surface area contributed by atoms with Crippen molar-refractivity contribution in [3.63, 3.8) is 0 Å². The lowest BCUT2D eigenvalue weighted by Crippen LogP contribution is -2.58. The van der Waals surface area contributed by atoms with Gasteiger partial charge in [0.05, 0.1) is 22.2 Å². The largest absolute Gasteiger partial charge is 0.391 e. The number of nitrogens with zero attached hydrogens (tertiary/aromatic N) is 2. The fourth-order valence-corrected chi connectivity index (χ4v) is 5.34. The lowest BCUT2D eigenvalue weighted by atomic mass is 9.82. The standard InChI is InChI=1S/C28H40N4O4S/c1-7-19(12-11-17(2)23-18(3)30-16-37-23)14-29-26(35)22-13-21(33)15-32(22)27(36)24(28(4,5)6)31-25(34)20-9-8-10-20/h7,11-12,16,20-22,24,33H,1,8-10,13-15H2,2-6H3,(H,29,35)(H,31,34)/b17-11+,19-12+/t21-,22?,24-/m1/s1. The fourth-order valence-electron chi connectivity index (χ4n) is 4.55. The molecule has 37 heavy (non-hydrogen) atoms. The SMILES string of the molecule is C=C/C(=C\C=C(/C)c1scnc1C)CNC(=O)C1C[C@@H](O)CN1C(=O)[C@@H](NC(=O)C1CCC1)C(C)(C)C. The molecule has 3 rings (SSSR count).